The lowest BCUT2D eigenvalue weighted by atomic mass is 10.3. The van der Waals surface area contributed by atoms with Gasteiger partial charge in [-0.25, -0.2) is 0 Å². The standard InChI is InChI=1S/C12H26N2O2/c1-5-7-9-16-10-8-13-11(3)12(15)14(4)6-2/h11,13H,5-10H2,1-4H3. The lowest BCUT2D eigenvalue weighted by Gasteiger charge is -2.20. The topological polar surface area (TPSA) is 41.6 Å². The van der Waals surface area contributed by atoms with Gasteiger partial charge in [-0.2, -0.15) is 0 Å². The van der Waals surface area contributed by atoms with Crippen molar-refractivity contribution < 1.29 is 9.53 Å². The Morgan fingerprint density at radius 1 is 1.38 bits per heavy atom. The number of likely N-dealkylation sites (N-methyl/N-ethyl adjacent to an activating group) is 1. The fraction of sp³-hybridized carbons (Fsp3) is 0.917. The summed E-state index contributed by atoms with van der Waals surface area (Å²) in [5.41, 5.74) is 0. The van der Waals surface area contributed by atoms with Crippen LogP contribution in [0.4, 0.5) is 0 Å². The van der Waals surface area contributed by atoms with Gasteiger partial charge in [0.15, 0.2) is 0 Å². The first-order valence-corrected chi connectivity index (χ1v) is 6.19. The van der Waals surface area contributed by atoms with E-state index in [1.807, 2.05) is 20.9 Å². The summed E-state index contributed by atoms with van der Waals surface area (Å²) in [6.07, 6.45) is 2.26. The molecule has 0 radical (unpaired) electrons. The van der Waals surface area contributed by atoms with Crippen molar-refractivity contribution >= 4 is 5.91 Å². The van der Waals surface area contributed by atoms with Crippen molar-refractivity contribution in [3.63, 3.8) is 0 Å². The van der Waals surface area contributed by atoms with E-state index in [2.05, 4.69) is 12.2 Å². The van der Waals surface area contributed by atoms with Gasteiger partial charge in [0.2, 0.25) is 5.91 Å². The number of unbranched alkanes of at least 4 members (excludes halogenated alkanes) is 1. The molecule has 1 amide bonds. The summed E-state index contributed by atoms with van der Waals surface area (Å²) >= 11 is 0. The van der Waals surface area contributed by atoms with Gasteiger partial charge in [0, 0.05) is 26.7 Å². The average Bonchev–Trinajstić information content (AvgIpc) is 2.31. The number of carbonyl (C=O) groups excluding carboxylic acids is 1. The molecule has 0 saturated heterocycles. The number of nitrogens with one attached hydrogen (secondary N) is 1. The molecule has 16 heavy (non-hydrogen) atoms. The minimum Gasteiger partial charge on any atom is -0.380 e. The molecule has 0 saturated carbocycles. The number of ether oxygens (including phenoxy) is 1. The van der Waals surface area contributed by atoms with E-state index in [1.165, 1.54) is 0 Å². The number of hydrogen-bond acceptors (Lipinski definition) is 3. The number of carbonyl (C=O) groups is 1. The van der Waals surface area contributed by atoms with Gasteiger partial charge in [-0.3, -0.25) is 4.79 Å². The maximum absolute atomic E-state index is 11.7. The second kappa shape index (κ2) is 9.60. The zero-order valence-corrected chi connectivity index (χ0v) is 11.1. The van der Waals surface area contributed by atoms with E-state index in [4.69, 9.17) is 4.74 Å². The van der Waals surface area contributed by atoms with Crippen molar-refractivity contribution in [2.75, 3.05) is 33.4 Å². The van der Waals surface area contributed by atoms with E-state index in [1.54, 1.807) is 4.90 Å². The van der Waals surface area contributed by atoms with Crippen LogP contribution in [0.2, 0.25) is 0 Å². The van der Waals surface area contributed by atoms with Crippen LogP contribution in [0, 0.1) is 0 Å². The van der Waals surface area contributed by atoms with Crippen LogP contribution in [-0.2, 0) is 9.53 Å². The van der Waals surface area contributed by atoms with Gasteiger partial charge in [0.1, 0.15) is 0 Å². The third kappa shape index (κ3) is 6.80. The number of nitrogens with zero attached hydrogens (tertiary/aromatic N) is 1. The SMILES string of the molecule is CCCCOCCNC(C)C(=O)N(C)CC. The Kier molecular flexibility index (Phi) is 9.24. The molecule has 96 valence electrons. The summed E-state index contributed by atoms with van der Waals surface area (Å²) in [5, 5.41) is 3.16. The highest BCUT2D eigenvalue weighted by Crippen LogP contribution is 1.91. The third-order valence-electron chi connectivity index (χ3n) is 2.56. The molecule has 0 heterocycles. The Morgan fingerprint density at radius 3 is 2.62 bits per heavy atom. The van der Waals surface area contributed by atoms with Crippen molar-refractivity contribution in [3.05, 3.63) is 0 Å². The third-order valence-corrected chi connectivity index (χ3v) is 2.56. The van der Waals surface area contributed by atoms with E-state index in [0.29, 0.717) is 6.61 Å². The Labute approximate surface area is 99.3 Å². The van der Waals surface area contributed by atoms with Gasteiger partial charge in [0.05, 0.1) is 12.6 Å². The zero-order valence-electron chi connectivity index (χ0n) is 11.1. The first-order valence-electron chi connectivity index (χ1n) is 6.19. The van der Waals surface area contributed by atoms with Gasteiger partial charge in [-0.15, -0.1) is 0 Å². The van der Waals surface area contributed by atoms with Gasteiger partial charge in [0.25, 0.3) is 0 Å². The highest BCUT2D eigenvalue weighted by Gasteiger charge is 2.14. The van der Waals surface area contributed by atoms with E-state index in [9.17, 15) is 4.79 Å². The van der Waals surface area contributed by atoms with Crippen molar-refractivity contribution in [2.24, 2.45) is 0 Å². The van der Waals surface area contributed by atoms with Crippen LogP contribution in [-0.4, -0.2) is 50.2 Å². The molecule has 0 fully saturated rings. The molecular formula is C12H26N2O2. The second-order valence-electron chi connectivity index (χ2n) is 3.99. The molecule has 1 N–H and O–H groups in total. The normalized spacial score (nSPS) is 12.5. The predicted molar refractivity (Wildman–Crippen MR) is 66.5 cm³/mol. The molecule has 4 nitrogen and oxygen atoms in total. The largest absolute Gasteiger partial charge is 0.380 e. The van der Waals surface area contributed by atoms with Crippen molar-refractivity contribution in [2.45, 2.75) is 39.7 Å². The van der Waals surface area contributed by atoms with Crippen LogP contribution >= 0.6 is 0 Å². The van der Waals surface area contributed by atoms with Gasteiger partial charge < -0.3 is 15.0 Å². The van der Waals surface area contributed by atoms with E-state index >= 15 is 0 Å². The van der Waals surface area contributed by atoms with Crippen molar-refractivity contribution in [1.29, 1.82) is 0 Å². The van der Waals surface area contributed by atoms with Crippen molar-refractivity contribution in [1.82, 2.24) is 10.2 Å². The maximum Gasteiger partial charge on any atom is 0.239 e. The molecule has 0 aliphatic heterocycles. The Morgan fingerprint density at radius 2 is 2.06 bits per heavy atom. The molecule has 1 atom stereocenters. The lowest BCUT2D eigenvalue weighted by Crippen LogP contribution is -2.44. The maximum atomic E-state index is 11.7. The highest BCUT2D eigenvalue weighted by atomic mass is 16.5. The van der Waals surface area contributed by atoms with E-state index in [0.717, 1.165) is 32.5 Å². The van der Waals surface area contributed by atoms with Crippen LogP contribution in [0.5, 0.6) is 0 Å². The average molecular weight is 230 g/mol. The second-order valence-corrected chi connectivity index (χ2v) is 3.99. The molecule has 0 bridgehead atoms. The molecule has 0 spiro atoms. The number of rotatable bonds is 9. The summed E-state index contributed by atoms with van der Waals surface area (Å²) < 4.78 is 5.40. The quantitative estimate of drug-likeness (QED) is 0.606. The number of hydrogen-bond donors (Lipinski definition) is 1. The molecule has 0 rings (SSSR count). The number of amides is 1. The summed E-state index contributed by atoms with van der Waals surface area (Å²) in [7, 11) is 1.82. The molecule has 0 aromatic heterocycles. The Hall–Kier alpha value is -0.610. The Bertz CT molecular complexity index is 186. The van der Waals surface area contributed by atoms with Crippen LogP contribution in [0.25, 0.3) is 0 Å². The van der Waals surface area contributed by atoms with Crippen LogP contribution in [0.15, 0.2) is 0 Å². The summed E-state index contributed by atoms with van der Waals surface area (Å²) in [6.45, 7) is 8.97. The fourth-order valence-electron chi connectivity index (χ4n) is 1.27. The summed E-state index contributed by atoms with van der Waals surface area (Å²) in [5.74, 6) is 0.135. The zero-order chi connectivity index (χ0) is 12.4. The van der Waals surface area contributed by atoms with Crippen LogP contribution in [0.1, 0.15) is 33.6 Å². The highest BCUT2D eigenvalue weighted by molar-refractivity contribution is 5.81. The first-order chi connectivity index (χ1) is 7.63. The Balaban J connectivity index is 3.50. The molecule has 1 unspecified atom stereocenters. The first kappa shape index (κ1) is 15.4. The summed E-state index contributed by atoms with van der Waals surface area (Å²) in [6, 6.07) is -0.125. The predicted octanol–water partition coefficient (Wildman–Crippen LogP) is 1.26. The molecule has 0 aromatic rings. The van der Waals surface area contributed by atoms with Gasteiger partial charge in [-0.05, 0) is 20.3 Å². The van der Waals surface area contributed by atoms with Crippen LogP contribution in [0.3, 0.4) is 0 Å². The van der Waals surface area contributed by atoms with E-state index < -0.39 is 0 Å². The smallest absolute Gasteiger partial charge is 0.239 e. The molecule has 0 aliphatic rings. The van der Waals surface area contributed by atoms with Gasteiger partial charge >= 0.3 is 0 Å². The summed E-state index contributed by atoms with van der Waals surface area (Å²) in [4.78, 5) is 13.4. The van der Waals surface area contributed by atoms with Crippen molar-refractivity contribution in [3.8, 4) is 0 Å². The molecule has 4 heteroatoms. The monoisotopic (exact) mass is 230 g/mol. The molecule has 0 aliphatic carbocycles. The van der Waals surface area contributed by atoms with Gasteiger partial charge in [-0.1, -0.05) is 13.3 Å². The minimum absolute atomic E-state index is 0.125. The fourth-order valence-corrected chi connectivity index (χ4v) is 1.27. The molecule has 0 aromatic carbocycles. The molecular weight excluding hydrogens is 204 g/mol. The van der Waals surface area contributed by atoms with E-state index in [-0.39, 0.29) is 11.9 Å². The lowest BCUT2D eigenvalue weighted by molar-refractivity contribution is -0.131. The van der Waals surface area contributed by atoms with Crippen LogP contribution < -0.4 is 5.32 Å². The minimum atomic E-state index is -0.125.